The highest BCUT2D eigenvalue weighted by atomic mass is 32.2. The number of nitrogens with zero attached hydrogens (tertiary/aromatic N) is 4. The Labute approximate surface area is 137 Å². The molecule has 0 aliphatic carbocycles. The molecule has 1 aromatic rings. The molecule has 3 rings (SSSR count). The number of rotatable bonds is 3. The van der Waals surface area contributed by atoms with Gasteiger partial charge in [-0.3, -0.25) is 4.79 Å². The quantitative estimate of drug-likeness (QED) is 0.818. The van der Waals surface area contributed by atoms with E-state index in [4.69, 9.17) is 0 Å². The minimum absolute atomic E-state index is 0.0417. The number of carbonyl (C=O) groups excluding carboxylic acids is 1. The number of hydrogen-bond acceptors (Lipinski definition) is 4. The van der Waals surface area contributed by atoms with Crippen LogP contribution in [0.4, 0.5) is 0 Å². The summed E-state index contributed by atoms with van der Waals surface area (Å²) in [6, 6.07) is -0.300. The van der Waals surface area contributed by atoms with Crippen molar-refractivity contribution < 1.29 is 13.2 Å². The van der Waals surface area contributed by atoms with Gasteiger partial charge in [-0.2, -0.15) is 4.31 Å². The third kappa shape index (κ3) is 3.58. The molecule has 1 amide bonds. The smallest absolute Gasteiger partial charge is 0.241 e. The fraction of sp³-hybridized carbons (Fsp3) is 0.733. The van der Waals surface area contributed by atoms with Crippen LogP contribution in [0.25, 0.3) is 0 Å². The predicted molar refractivity (Wildman–Crippen MR) is 86.3 cm³/mol. The van der Waals surface area contributed by atoms with Crippen molar-refractivity contribution in [3.63, 3.8) is 0 Å². The zero-order valence-electron chi connectivity index (χ0n) is 13.5. The third-order valence-electron chi connectivity index (χ3n) is 4.82. The van der Waals surface area contributed by atoms with E-state index in [1.165, 1.54) is 10.6 Å². The van der Waals surface area contributed by atoms with Crippen molar-refractivity contribution in [3.8, 4) is 0 Å². The molecule has 0 unspecified atom stereocenters. The highest BCUT2D eigenvalue weighted by molar-refractivity contribution is 7.88. The van der Waals surface area contributed by atoms with Crippen molar-refractivity contribution in [1.82, 2.24) is 18.8 Å². The van der Waals surface area contributed by atoms with E-state index < -0.39 is 16.1 Å². The van der Waals surface area contributed by atoms with Gasteiger partial charge in [-0.15, -0.1) is 0 Å². The van der Waals surface area contributed by atoms with Gasteiger partial charge in [0, 0.05) is 32.0 Å². The molecular weight excluding hydrogens is 316 g/mol. The molecule has 2 aliphatic heterocycles. The van der Waals surface area contributed by atoms with Crippen molar-refractivity contribution in [2.45, 2.75) is 44.2 Å². The summed E-state index contributed by atoms with van der Waals surface area (Å²) in [5.41, 5.74) is 0. The second-order valence-corrected chi connectivity index (χ2v) is 8.41. The van der Waals surface area contributed by atoms with Crippen LogP contribution in [-0.4, -0.2) is 65.0 Å². The normalized spacial score (nSPS) is 27.1. The second kappa shape index (κ2) is 6.60. The maximum absolute atomic E-state index is 12.9. The van der Waals surface area contributed by atoms with Crippen LogP contribution in [-0.2, 0) is 14.8 Å². The van der Waals surface area contributed by atoms with Crippen LogP contribution in [0.15, 0.2) is 18.7 Å². The van der Waals surface area contributed by atoms with Crippen LogP contribution in [0.1, 0.15) is 38.1 Å². The van der Waals surface area contributed by atoms with E-state index in [9.17, 15) is 13.2 Å². The van der Waals surface area contributed by atoms with E-state index in [1.54, 1.807) is 12.5 Å². The topological polar surface area (TPSA) is 75.5 Å². The molecule has 128 valence electrons. The Kier molecular flexibility index (Phi) is 4.72. The second-order valence-electron chi connectivity index (χ2n) is 6.48. The molecule has 0 N–H and O–H groups in total. The first-order chi connectivity index (χ1) is 11.0. The summed E-state index contributed by atoms with van der Waals surface area (Å²) >= 11 is 0. The Morgan fingerprint density at radius 1 is 1.17 bits per heavy atom. The largest absolute Gasteiger partial charge is 0.339 e. The maximum atomic E-state index is 12.9. The molecule has 23 heavy (non-hydrogen) atoms. The summed E-state index contributed by atoms with van der Waals surface area (Å²) in [5.74, 6) is -0.0417. The van der Waals surface area contributed by atoms with Crippen LogP contribution < -0.4 is 0 Å². The summed E-state index contributed by atoms with van der Waals surface area (Å²) in [6.07, 6.45) is 10.9. The number of likely N-dealkylation sites (tertiary alicyclic amines) is 1. The molecule has 7 nitrogen and oxygen atoms in total. The monoisotopic (exact) mass is 340 g/mol. The van der Waals surface area contributed by atoms with Crippen molar-refractivity contribution in [2.24, 2.45) is 0 Å². The maximum Gasteiger partial charge on any atom is 0.241 e. The fourth-order valence-corrected chi connectivity index (χ4v) is 4.76. The fourth-order valence-electron chi connectivity index (χ4n) is 3.64. The van der Waals surface area contributed by atoms with Gasteiger partial charge in [0.05, 0.1) is 18.6 Å². The van der Waals surface area contributed by atoms with E-state index >= 15 is 0 Å². The van der Waals surface area contributed by atoms with Crippen LogP contribution in [0, 0.1) is 0 Å². The first-order valence-corrected chi connectivity index (χ1v) is 10.0. The van der Waals surface area contributed by atoms with Crippen molar-refractivity contribution >= 4 is 15.9 Å². The van der Waals surface area contributed by atoms with Gasteiger partial charge in [-0.25, -0.2) is 13.4 Å². The number of imidazole rings is 1. The average molecular weight is 340 g/mol. The van der Waals surface area contributed by atoms with E-state index in [0.29, 0.717) is 26.1 Å². The molecule has 1 aromatic heterocycles. The van der Waals surface area contributed by atoms with E-state index in [-0.39, 0.29) is 11.9 Å². The van der Waals surface area contributed by atoms with Crippen LogP contribution in [0.3, 0.4) is 0 Å². The van der Waals surface area contributed by atoms with Crippen LogP contribution >= 0.6 is 0 Å². The number of piperidine rings is 2. The van der Waals surface area contributed by atoms with E-state index in [1.807, 2.05) is 15.7 Å². The molecule has 0 bridgehead atoms. The Morgan fingerprint density at radius 3 is 2.70 bits per heavy atom. The first-order valence-electron chi connectivity index (χ1n) is 8.20. The minimum Gasteiger partial charge on any atom is -0.339 e. The van der Waals surface area contributed by atoms with Crippen molar-refractivity contribution in [3.05, 3.63) is 18.7 Å². The SMILES string of the molecule is CS(=O)(=O)N1CCCC[C@@H]1C(=O)N1CCC[C@H](n2ccnc2)C1. The summed E-state index contributed by atoms with van der Waals surface area (Å²) in [5, 5.41) is 0. The summed E-state index contributed by atoms with van der Waals surface area (Å²) in [4.78, 5) is 18.8. The van der Waals surface area contributed by atoms with Gasteiger partial charge in [0.1, 0.15) is 6.04 Å². The summed E-state index contributed by atoms with van der Waals surface area (Å²) in [6.45, 7) is 1.79. The molecule has 2 atom stereocenters. The molecule has 0 spiro atoms. The number of amides is 1. The van der Waals surface area contributed by atoms with Gasteiger partial charge in [0.25, 0.3) is 0 Å². The standard InChI is InChI=1S/C15H24N4O3S/c1-23(21,22)19-9-3-2-6-14(19)15(20)17-8-4-5-13(11-17)18-10-7-16-12-18/h7,10,12-14H,2-6,8-9,11H2,1H3/t13-,14+/m0/s1. The van der Waals surface area contributed by atoms with Crippen LogP contribution in [0.2, 0.25) is 0 Å². The van der Waals surface area contributed by atoms with Gasteiger partial charge in [0.2, 0.25) is 15.9 Å². The van der Waals surface area contributed by atoms with Crippen molar-refractivity contribution in [1.29, 1.82) is 0 Å². The molecule has 0 aromatic carbocycles. The third-order valence-corrected chi connectivity index (χ3v) is 6.11. The molecule has 2 saturated heterocycles. The molecule has 2 fully saturated rings. The molecule has 0 radical (unpaired) electrons. The van der Waals surface area contributed by atoms with Gasteiger partial charge >= 0.3 is 0 Å². The highest BCUT2D eigenvalue weighted by Crippen LogP contribution is 2.26. The van der Waals surface area contributed by atoms with Gasteiger partial charge in [-0.05, 0) is 25.7 Å². The summed E-state index contributed by atoms with van der Waals surface area (Å²) in [7, 11) is -3.34. The van der Waals surface area contributed by atoms with Gasteiger partial charge in [-0.1, -0.05) is 6.42 Å². The average Bonchev–Trinajstić information content (AvgIpc) is 3.08. The molecule has 8 heteroatoms. The zero-order chi connectivity index (χ0) is 16.4. The lowest BCUT2D eigenvalue weighted by molar-refractivity contribution is -0.137. The Morgan fingerprint density at radius 2 is 2.00 bits per heavy atom. The Hall–Kier alpha value is -1.41. The van der Waals surface area contributed by atoms with Gasteiger partial charge < -0.3 is 9.47 Å². The Bertz CT molecular complexity index is 644. The van der Waals surface area contributed by atoms with E-state index in [2.05, 4.69) is 4.98 Å². The molecule has 2 aliphatic rings. The lowest BCUT2D eigenvalue weighted by Crippen LogP contribution is -2.54. The molecular formula is C15H24N4O3S. The number of aromatic nitrogens is 2. The Balaban J connectivity index is 1.73. The first kappa shape index (κ1) is 16.4. The lowest BCUT2D eigenvalue weighted by atomic mass is 10.0. The minimum atomic E-state index is -3.34. The molecule has 0 saturated carbocycles. The van der Waals surface area contributed by atoms with E-state index in [0.717, 1.165) is 25.7 Å². The number of hydrogen-bond donors (Lipinski definition) is 0. The molecule has 3 heterocycles. The number of sulfonamides is 1. The summed E-state index contributed by atoms with van der Waals surface area (Å²) < 4.78 is 27.4. The number of carbonyl (C=O) groups is 1. The van der Waals surface area contributed by atoms with Gasteiger partial charge in [0.15, 0.2) is 0 Å². The highest BCUT2D eigenvalue weighted by Gasteiger charge is 2.38. The zero-order valence-corrected chi connectivity index (χ0v) is 14.3. The predicted octanol–water partition coefficient (Wildman–Crippen LogP) is 0.861. The lowest BCUT2D eigenvalue weighted by Gasteiger charge is -2.39. The van der Waals surface area contributed by atoms with Crippen molar-refractivity contribution in [2.75, 3.05) is 25.9 Å². The van der Waals surface area contributed by atoms with Crippen LogP contribution in [0.5, 0.6) is 0 Å².